The van der Waals surface area contributed by atoms with E-state index in [1.165, 1.54) is 29.2 Å². The van der Waals surface area contributed by atoms with Crippen LogP contribution < -0.4 is 15.0 Å². The van der Waals surface area contributed by atoms with Gasteiger partial charge in [-0.25, -0.2) is 4.98 Å². The van der Waals surface area contributed by atoms with Gasteiger partial charge in [-0.2, -0.15) is 5.26 Å². The minimum atomic E-state index is -4.78. The van der Waals surface area contributed by atoms with Crippen molar-refractivity contribution < 1.29 is 27.5 Å². The maximum Gasteiger partial charge on any atom is 0.573 e. The Labute approximate surface area is 259 Å². The van der Waals surface area contributed by atoms with Crippen molar-refractivity contribution in [2.24, 2.45) is 0 Å². The first-order valence-corrected chi connectivity index (χ1v) is 14.8. The van der Waals surface area contributed by atoms with Gasteiger partial charge in [0.1, 0.15) is 28.7 Å². The fourth-order valence-electron chi connectivity index (χ4n) is 5.27. The van der Waals surface area contributed by atoms with E-state index in [-0.39, 0.29) is 28.9 Å². The Hall–Kier alpha value is -5.28. The number of benzene rings is 4. The molecule has 226 valence electrons. The second-order valence-corrected chi connectivity index (χ2v) is 11.5. The Morgan fingerprint density at radius 2 is 1.82 bits per heavy atom. The van der Waals surface area contributed by atoms with Crippen LogP contribution in [0, 0.1) is 11.3 Å². The number of halogens is 3. The highest BCUT2D eigenvalue weighted by Crippen LogP contribution is 2.40. The number of thioether (sulfide) groups is 1. The number of rotatable bonds is 6. The van der Waals surface area contributed by atoms with Crippen LogP contribution in [0.4, 0.5) is 24.5 Å². The lowest BCUT2D eigenvalue weighted by Crippen LogP contribution is -2.28. The van der Waals surface area contributed by atoms with Crippen molar-refractivity contribution in [3.63, 3.8) is 0 Å². The van der Waals surface area contributed by atoms with E-state index in [2.05, 4.69) is 15.0 Å². The molecule has 2 amide bonds. The number of carbonyl (C=O) groups excluding carboxylic acids is 2. The van der Waals surface area contributed by atoms with Crippen LogP contribution in [-0.2, 0) is 9.59 Å². The molecule has 0 saturated carbocycles. The van der Waals surface area contributed by atoms with Crippen LogP contribution >= 0.6 is 11.8 Å². The van der Waals surface area contributed by atoms with Crippen molar-refractivity contribution in [2.45, 2.75) is 26.1 Å². The van der Waals surface area contributed by atoms with Crippen LogP contribution in [-0.4, -0.2) is 33.5 Å². The monoisotopic (exact) mass is 627 g/mol. The summed E-state index contributed by atoms with van der Waals surface area (Å²) >= 11 is 1.16. The summed E-state index contributed by atoms with van der Waals surface area (Å²) in [5.41, 5.74) is 3.84. The number of para-hydroxylation sites is 1. The second-order valence-electron chi connectivity index (χ2n) is 10.5. The molecule has 1 aromatic heterocycles. The minimum absolute atomic E-state index is 0.115. The summed E-state index contributed by atoms with van der Waals surface area (Å²) < 4.78 is 43.3. The Balaban J connectivity index is 1.28. The standard InChI is InChI=1S/C33H24F3N5O3S/c1-19(2)24-5-3-4-6-27(24)41-29(42)17-45-32(41)26(16-37)31(43)39-21-8-13-25-20(15-21)7-14-28-30(25)38-18-40(28)22-9-11-23(12-10-22)44-33(34,35)36/h3-15,18-19H,17H2,1-2H3,(H,39,43)/b32-26-. The Morgan fingerprint density at radius 3 is 2.53 bits per heavy atom. The number of nitrogens with one attached hydrogen (secondary N) is 1. The van der Waals surface area contributed by atoms with Gasteiger partial charge in [-0.3, -0.25) is 19.1 Å². The normalized spacial score (nSPS) is 14.7. The van der Waals surface area contributed by atoms with Gasteiger partial charge in [0.05, 0.1) is 22.5 Å². The SMILES string of the molecule is CC(C)c1ccccc1N1C(=O)CS/C1=C(/C#N)C(=O)Nc1ccc2c(ccc3c2ncn3-c2ccc(OC(F)(F)F)cc2)c1. The number of ether oxygens (including phenoxy) is 1. The lowest BCUT2D eigenvalue weighted by atomic mass is 10.0. The number of hydrogen-bond acceptors (Lipinski definition) is 6. The molecule has 2 heterocycles. The van der Waals surface area contributed by atoms with Gasteiger partial charge in [0.15, 0.2) is 0 Å². The average Bonchev–Trinajstić information content (AvgIpc) is 3.61. The highest BCUT2D eigenvalue weighted by molar-refractivity contribution is 8.04. The zero-order valence-corrected chi connectivity index (χ0v) is 24.7. The number of hydrogen-bond donors (Lipinski definition) is 1. The van der Waals surface area contributed by atoms with Crippen LogP contribution in [0.3, 0.4) is 0 Å². The molecule has 0 radical (unpaired) electrons. The molecule has 1 aliphatic heterocycles. The van der Waals surface area contributed by atoms with Gasteiger partial charge in [0.25, 0.3) is 5.91 Å². The largest absolute Gasteiger partial charge is 0.573 e. The lowest BCUT2D eigenvalue weighted by Gasteiger charge is -2.23. The van der Waals surface area contributed by atoms with Crippen LogP contribution in [0.25, 0.3) is 27.5 Å². The van der Waals surface area contributed by atoms with Gasteiger partial charge in [0, 0.05) is 16.8 Å². The predicted octanol–water partition coefficient (Wildman–Crippen LogP) is 7.65. The summed E-state index contributed by atoms with van der Waals surface area (Å²) in [5.74, 6) is -0.927. The fourth-order valence-corrected chi connectivity index (χ4v) is 6.27. The molecule has 0 aliphatic carbocycles. The molecular weight excluding hydrogens is 603 g/mol. The minimum Gasteiger partial charge on any atom is -0.406 e. The summed E-state index contributed by atoms with van der Waals surface area (Å²) in [6, 6.07) is 23.8. The van der Waals surface area contributed by atoms with Gasteiger partial charge in [-0.05, 0) is 65.4 Å². The molecular formula is C33H24F3N5O3S. The van der Waals surface area contributed by atoms with E-state index in [0.717, 1.165) is 33.6 Å². The van der Waals surface area contributed by atoms with Crippen molar-refractivity contribution in [2.75, 3.05) is 16.0 Å². The molecule has 45 heavy (non-hydrogen) atoms. The van der Waals surface area contributed by atoms with Gasteiger partial charge in [-0.15, -0.1) is 13.2 Å². The van der Waals surface area contributed by atoms with E-state index in [1.807, 2.05) is 56.3 Å². The highest BCUT2D eigenvalue weighted by Gasteiger charge is 2.34. The van der Waals surface area contributed by atoms with Crippen LogP contribution in [0.5, 0.6) is 5.75 Å². The Kier molecular flexibility index (Phi) is 7.72. The average molecular weight is 628 g/mol. The lowest BCUT2D eigenvalue weighted by molar-refractivity contribution is -0.274. The van der Waals surface area contributed by atoms with Gasteiger partial charge < -0.3 is 10.1 Å². The molecule has 0 unspecified atom stereocenters. The number of nitrogens with zero attached hydrogens (tertiary/aromatic N) is 4. The van der Waals surface area contributed by atoms with E-state index >= 15 is 0 Å². The number of fused-ring (bicyclic) bond motifs is 3. The number of amides is 2. The van der Waals surface area contributed by atoms with Crippen molar-refractivity contribution in [1.29, 1.82) is 5.26 Å². The first-order valence-electron chi connectivity index (χ1n) is 13.8. The van der Waals surface area contributed by atoms with Crippen LogP contribution in [0.15, 0.2) is 95.8 Å². The topological polar surface area (TPSA) is 100 Å². The molecule has 6 rings (SSSR count). The maximum absolute atomic E-state index is 13.4. The number of nitriles is 1. The molecule has 0 bridgehead atoms. The fraction of sp³-hybridized carbons (Fsp3) is 0.152. The second kappa shape index (κ2) is 11.7. The number of aromatic nitrogens is 2. The van der Waals surface area contributed by atoms with E-state index in [1.54, 1.807) is 29.1 Å². The zero-order valence-electron chi connectivity index (χ0n) is 23.9. The molecule has 0 atom stereocenters. The number of imidazole rings is 1. The van der Waals surface area contributed by atoms with Gasteiger partial charge in [0.2, 0.25) is 5.91 Å². The highest BCUT2D eigenvalue weighted by atomic mass is 32.2. The van der Waals surface area contributed by atoms with Crippen LogP contribution in [0.1, 0.15) is 25.3 Å². The summed E-state index contributed by atoms with van der Waals surface area (Å²) in [5, 5.41) is 14.7. The Bertz CT molecular complexity index is 2050. The zero-order chi connectivity index (χ0) is 31.9. The van der Waals surface area contributed by atoms with Crippen molar-refractivity contribution in [3.05, 3.63) is 101 Å². The molecule has 5 aromatic rings. The molecule has 8 nitrogen and oxygen atoms in total. The number of carbonyl (C=O) groups is 2. The summed E-state index contributed by atoms with van der Waals surface area (Å²) in [6.45, 7) is 4.03. The Morgan fingerprint density at radius 1 is 1.07 bits per heavy atom. The molecule has 12 heteroatoms. The third kappa shape index (κ3) is 5.82. The smallest absolute Gasteiger partial charge is 0.406 e. The van der Waals surface area contributed by atoms with E-state index in [4.69, 9.17) is 0 Å². The molecule has 1 saturated heterocycles. The third-order valence-electron chi connectivity index (χ3n) is 7.28. The first-order chi connectivity index (χ1) is 21.5. The van der Waals surface area contributed by atoms with Crippen molar-refractivity contribution >= 4 is 56.8 Å². The summed E-state index contributed by atoms with van der Waals surface area (Å²) in [6.07, 6.45) is -3.20. The predicted molar refractivity (Wildman–Crippen MR) is 167 cm³/mol. The summed E-state index contributed by atoms with van der Waals surface area (Å²) in [4.78, 5) is 32.3. The maximum atomic E-state index is 13.4. The molecule has 0 spiro atoms. The van der Waals surface area contributed by atoms with Gasteiger partial charge in [-0.1, -0.05) is 55.9 Å². The van der Waals surface area contributed by atoms with E-state index in [9.17, 15) is 28.0 Å². The first kappa shape index (κ1) is 29.8. The van der Waals surface area contributed by atoms with Crippen molar-refractivity contribution in [3.8, 4) is 17.5 Å². The van der Waals surface area contributed by atoms with Crippen molar-refractivity contribution in [1.82, 2.24) is 9.55 Å². The van der Waals surface area contributed by atoms with Gasteiger partial charge >= 0.3 is 6.36 Å². The number of anilines is 2. The third-order valence-corrected chi connectivity index (χ3v) is 8.33. The van der Waals surface area contributed by atoms with E-state index < -0.39 is 12.3 Å². The number of alkyl halides is 3. The summed E-state index contributed by atoms with van der Waals surface area (Å²) in [7, 11) is 0. The molecule has 1 N–H and O–H groups in total. The van der Waals surface area contributed by atoms with E-state index in [0.29, 0.717) is 27.6 Å². The molecule has 1 aliphatic rings. The van der Waals surface area contributed by atoms with Crippen LogP contribution in [0.2, 0.25) is 0 Å². The quantitative estimate of drug-likeness (QED) is 0.153. The molecule has 4 aromatic carbocycles. The molecule has 1 fully saturated rings.